The number of ether oxygens (including phenoxy) is 2. The highest BCUT2D eigenvalue weighted by Crippen LogP contribution is 2.28. The molecule has 1 amide bonds. The van der Waals surface area contributed by atoms with Gasteiger partial charge in [-0.05, 0) is 49.0 Å². The lowest BCUT2D eigenvalue weighted by Crippen LogP contribution is -2.28. The quantitative estimate of drug-likeness (QED) is 0.546. The highest BCUT2D eigenvalue weighted by Gasteiger charge is 2.09. The second kappa shape index (κ2) is 13.9. The van der Waals surface area contributed by atoms with Crippen LogP contribution >= 0.6 is 24.8 Å². The molecule has 0 fully saturated rings. The van der Waals surface area contributed by atoms with Gasteiger partial charge in [-0.2, -0.15) is 0 Å². The van der Waals surface area contributed by atoms with Gasteiger partial charge in [-0.25, -0.2) is 0 Å². The SMILES string of the molecule is CCN(CC)CCOc1ccc(CNC(=O)c2cccc(N)c2)cc1OC.Cl.Cl. The second-order valence-electron chi connectivity index (χ2n) is 6.17. The summed E-state index contributed by atoms with van der Waals surface area (Å²) in [5.74, 6) is 1.20. The van der Waals surface area contributed by atoms with Gasteiger partial charge in [-0.3, -0.25) is 4.79 Å². The van der Waals surface area contributed by atoms with Crippen LogP contribution in [-0.2, 0) is 6.54 Å². The predicted octanol–water partition coefficient (Wildman–Crippen LogP) is 3.77. The number of likely N-dealkylation sites (N-methyl/N-ethyl adjacent to an activating group) is 1. The predicted molar refractivity (Wildman–Crippen MR) is 123 cm³/mol. The Morgan fingerprint density at radius 3 is 2.41 bits per heavy atom. The number of hydrogen-bond donors (Lipinski definition) is 2. The van der Waals surface area contributed by atoms with Crippen LogP contribution in [0.4, 0.5) is 5.69 Å². The van der Waals surface area contributed by atoms with E-state index in [4.69, 9.17) is 15.2 Å². The Morgan fingerprint density at radius 2 is 1.79 bits per heavy atom. The summed E-state index contributed by atoms with van der Waals surface area (Å²) in [4.78, 5) is 14.5. The zero-order chi connectivity index (χ0) is 19.6. The van der Waals surface area contributed by atoms with Gasteiger partial charge in [0, 0.05) is 24.3 Å². The van der Waals surface area contributed by atoms with Crippen molar-refractivity contribution in [3.8, 4) is 11.5 Å². The summed E-state index contributed by atoms with van der Waals surface area (Å²) in [5.41, 5.74) is 7.76. The smallest absolute Gasteiger partial charge is 0.251 e. The lowest BCUT2D eigenvalue weighted by atomic mass is 10.1. The van der Waals surface area contributed by atoms with Gasteiger partial charge in [0.05, 0.1) is 7.11 Å². The van der Waals surface area contributed by atoms with Crippen LogP contribution in [0.5, 0.6) is 11.5 Å². The minimum Gasteiger partial charge on any atom is -0.493 e. The molecule has 0 aromatic heterocycles. The van der Waals surface area contributed by atoms with E-state index in [0.29, 0.717) is 35.9 Å². The lowest BCUT2D eigenvalue weighted by molar-refractivity contribution is 0.0951. The monoisotopic (exact) mass is 443 g/mol. The van der Waals surface area contributed by atoms with Crippen LogP contribution in [0.3, 0.4) is 0 Å². The summed E-state index contributed by atoms with van der Waals surface area (Å²) in [7, 11) is 1.61. The number of nitrogen functional groups attached to an aromatic ring is 1. The van der Waals surface area contributed by atoms with Gasteiger partial charge in [0.1, 0.15) is 6.61 Å². The van der Waals surface area contributed by atoms with Gasteiger partial charge in [0.15, 0.2) is 11.5 Å². The van der Waals surface area contributed by atoms with E-state index < -0.39 is 0 Å². The van der Waals surface area contributed by atoms with E-state index in [-0.39, 0.29) is 30.7 Å². The molecule has 0 heterocycles. The maximum atomic E-state index is 12.2. The van der Waals surface area contributed by atoms with Crippen LogP contribution in [0.25, 0.3) is 0 Å². The third-order valence-electron chi connectivity index (χ3n) is 4.39. The normalized spacial score (nSPS) is 9.93. The number of benzene rings is 2. The zero-order valence-corrected chi connectivity index (χ0v) is 18.8. The van der Waals surface area contributed by atoms with Gasteiger partial charge in [-0.1, -0.05) is 26.0 Å². The summed E-state index contributed by atoms with van der Waals surface area (Å²) >= 11 is 0. The second-order valence-corrected chi connectivity index (χ2v) is 6.17. The number of methoxy groups -OCH3 is 1. The average Bonchev–Trinajstić information content (AvgIpc) is 2.69. The first-order valence-corrected chi connectivity index (χ1v) is 9.23. The molecule has 0 saturated heterocycles. The van der Waals surface area contributed by atoms with Gasteiger partial charge < -0.3 is 25.4 Å². The van der Waals surface area contributed by atoms with Gasteiger partial charge in [0.25, 0.3) is 5.91 Å². The number of carbonyl (C=O) groups excluding carboxylic acids is 1. The highest BCUT2D eigenvalue weighted by molar-refractivity contribution is 5.94. The fourth-order valence-corrected chi connectivity index (χ4v) is 2.73. The summed E-state index contributed by atoms with van der Waals surface area (Å²) in [6, 6.07) is 12.6. The maximum Gasteiger partial charge on any atom is 0.251 e. The Labute approximate surface area is 185 Å². The maximum absolute atomic E-state index is 12.2. The van der Waals surface area contributed by atoms with Crippen molar-refractivity contribution in [1.82, 2.24) is 10.2 Å². The summed E-state index contributed by atoms with van der Waals surface area (Å²) in [6.45, 7) is 8.14. The van der Waals surface area contributed by atoms with E-state index in [9.17, 15) is 4.79 Å². The Kier molecular flexibility index (Phi) is 12.9. The molecule has 3 N–H and O–H groups in total. The molecular weight excluding hydrogens is 413 g/mol. The standard InChI is InChI=1S/C21H29N3O3.2ClH/c1-4-24(5-2)11-12-27-19-10-9-16(13-20(19)26-3)15-23-21(25)17-7-6-8-18(22)14-17;;/h6-10,13-14H,4-5,11-12,15,22H2,1-3H3,(H,23,25);2*1H. The molecule has 162 valence electrons. The molecule has 2 aromatic carbocycles. The minimum absolute atomic E-state index is 0. The van der Waals surface area contributed by atoms with E-state index in [1.54, 1.807) is 31.4 Å². The Hall–Kier alpha value is -2.15. The van der Waals surface area contributed by atoms with Crippen molar-refractivity contribution in [3.63, 3.8) is 0 Å². The molecule has 8 heteroatoms. The van der Waals surface area contributed by atoms with Crippen LogP contribution in [0.15, 0.2) is 42.5 Å². The average molecular weight is 444 g/mol. The third-order valence-corrected chi connectivity index (χ3v) is 4.39. The number of nitrogens with zero attached hydrogens (tertiary/aromatic N) is 1. The Bertz CT molecular complexity index is 756. The van der Waals surface area contributed by atoms with Gasteiger partial charge in [-0.15, -0.1) is 24.8 Å². The Morgan fingerprint density at radius 1 is 1.07 bits per heavy atom. The molecule has 6 nitrogen and oxygen atoms in total. The summed E-state index contributed by atoms with van der Waals surface area (Å²) in [6.07, 6.45) is 0. The van der Waals surface area contributed by atoms with Crippen molar-refractivity contribution in [2.75, 3.05) is 39.1 Å². The molecule has 0 aliphatic carbocycles. The van der Waals surface area contributed by atoms with E-state index >= 15 is 0 Å². The van der Waals surface area contributed by atoms with Crippen LogP contribution in [-0.4, -0.2) is 44.2 Å². The molecule has 2 aromatic rings. The summed E-state index contributed by atoms with van der Waals surface area (Å²) in [5, 5.41) is 2.89. The Balaban J connectivity index is 0.00000392. The van der Waals surface area contributed by atoms with Gasteiger partial charge >= 0.3 is 0 Å². The summed E-state index contributed by atoms with van der Waals surface area (Å²) < 4.78 is 11.3. The molecule has 29 heavy (non-hydrogen) atoms. The number of nitrogens with two attached hydrogens (primary N) is 1. The van der Waals surface area contributed by atoms with Crippen molar-refractivity contribution in [1.29, 1.82) is 0 Å². The molecule has 0 unspecified atom stereocenters. The molecule has 0 aliphatic rings. The molecule has 0 bridgehead atoms. The first-order chi connectivity index (χ1) is 13.1. The lowest BCUT2D eigenvalue weighted by Gasteiger charge is -2.19. The van der Waals surface area contributed by atoms with E-state index in [2.05, 4.69) is 24.1 Å². The number of amides is 1. The number of halogens is 2. The van der Waals surface area contributed by atoms with Crippen molar-refractivity contribution in [2.24, 2.45) is 0 Å². The molecule has 0 aliphatic heterocycles. The fourth-order valence-electron chi connectivity index (χ4n) is 2.73. The van der Waals surface area contributed by atoms with Crippen LogP contribution in [0.2, 0.25) is 0 Å². The fraction of sp³-hybridized carbons (Fsp3) is 0.381. The minimum atomic E-state index is -0.166. The van der Waals surface area contributed by atoms with Crippen molar-refractivity contribution < 1.29 is 14.3 Å². The molecule has 0 spiro atoms. The van der Waals surface area contributed by atoms with E-state index in [1.165, 1.54) is 0 Å². The first kappa shape index (κ1) is 26.9. The topological polar surface area (TPSA) is 76.8 Å². The van der Waals surface area contributed by atoms with Crippen LogP contribution in [0, 0.1) is 0 Å². The third kappa shape index (κ3) is 8.40. The van der Waals surface area contributed by atoms with Crippen molar-refractivity contribution >= 4 is 36.4 Å². The van der Waals surface area contributed by atoms with Crippen molar-refractivity contribution in [2.45, 2.75) is 20.4 Å². The molecule has 0 radical (unpaired) electrons. The van der Waals surface area contributed by atoms with Gasteiger partial charge in [0.2, 0.25) is 0 Å². The molecule has 2 rings (SSSR count). The van der Waals surface area contributed by atoms with Crippen LogP contribution in [0.1, 0.15) is 29.8 Å². The molecular formula is C21H31Cl2N3O3. The molecule has 0 saturated carbocycles. The number of nitrogens with one attached hydrogen (secondary N) is 1. The van der Waals surface area contributed by atoms with E-state index in [0.717, 1.165) is 25.2 Å². The van der Waals surface area contributed by atoms with E-state index in [1.807, 2.05) is 18.2 Å². The zero-order valence-electron chi connectivity index (χ0n) is 17.1. The van der Waals surface area contributed by atoms with Crippen LogP contribution < -0.4 is 20.5 Å². The largest absolute Gasteiger partial charge is 0.493 e. The first-order valence-electron chi connectivity index (χ1n) is 9.23. The number of anilines is 1. The number of hydrogen-bond acceptors (Lipinski definition) is 5. The molecule has 0 atom stereocenters. The number of rotatable bonds is 10. The number of carbonyl (C=O) groups is 1. The highest BCUT2D eigenvalue weighted by atomic mass is 35.5. The van der Waals surface area contributed by atoms with Crippen molar-refractivity contribution in [3.05, 3.63) is 53.6 Å².